The van der Waals surface area contributed by atoms with Crippen molar-refractivity contribution < 1.29 is 9.90 Å². The van der Waals surface area contributed by atoms with Crippen LogP contribution in [-0.2, 0) is 0 Å². The van der Waals surface area contributed by atoms with Gasteiger partial charge in [-0.15, -0.1) is 0 Å². The number of anilines is 1. The molecule has 0 saturated heterocycles. The highest BCUT2D eigenvalue weighted by Gasteiger charge is 2.32. The number of aromatic nitrogens is 1. The molecule has 2 unspecified atom stereocenters. The molecule has 0 spiro atoms. The first kappa shape index (κ1) is 9.96. The van der Waals surface area contributed by atoms with E-state index in [-0.39, 0.29) is 5.56 Å². The zero-order valence-corrected chi connectivity index (χ0v) is 8.60. The Kier molecular flexibility index (Phi) is 2.58. The standard InChI is InChI=1S/C11H14N2O2/c1-7-4-8(7)5-13-10-2-3-12-6-9(10)11(14)15/h2-3,6-8H,4-5H2,1H3,(H,12,13)(H,14,15). The molecule has 1 aliphatic rings. The average Bonchev–Trinajstić information content (AvgIpc) is 2.92. The fraction of sp³-hybridized carbons (Fsp3) is 0.455. The fourth-order valence-electron chi connectivity index (χ4n) is 1.64. The molecule has 1 heterocycles. The minimum atomic E-state index is -0.936. The molecule has 4 nitrogen and oxygen atoms in total. The predicted octanol–water partition coefficient (Wildman–Crippen LogP) is 1.85. The van der Waals surface area contributed by atoms with E-state index in [2.05, 4.69) is 17.2 Å². The van der Waals surface area contributed by atoms with Gasteiger partial charge < -0.3 is 10.4 Å². The van der Waals surface area contributed by atoms with Crippen molar-refractivity contribution in [3.8, 4) is 0 Å². The molecule has 1 aliphatic carbocycles. The number of carboxylic acid groups (broad SMARTS) is 1. The van der Waals surface area contributed by atoms with Gasteiger partial charge in [0.1, 0.15) is 5.56 Å². The molecule has 1 aromatic rings. The summed E-state index contributed by atoms with van der Waals surface area (Å²) in [5, 5.41) is 12.1. The topological polar surface area (TPSA) is 62.2 Å². The van der Waals surface area contributed by atoms with E-state index < -0.39 is 5.97 Å². The Morgan fingerprint density at radius 3 is 3.07 bits per heavy atom. The summed E-state index contributed by atoms with van der Waals surface area (Å²) < 4.78 is 0. The van der Waals surface area contributed by atoms with Crippen molar-refractivity contribution in [2.24, 2.45) is 11.8 Å². The van der Waals surface area contributed by atoms with Gasteiger partial charge in [0, 0.05) is 18.9 Å². The normalized spacial score (nSPS) is 23.5. The number of aromatic carboxylic acids is 1. The fourth-order valence-corrected chi connectivity index (χ4v) is 1.64. The number of hydrogen-bond donors (Lipinski definition) is 2. The second kappa shape index (κ2) is 3.88. The van der Waals surface area contributed by atoms with Crippen molar-refractivity contribution in [1.29, 1.82) is 0 Å². The molecule has 0 bridgehead atoms. The summed E-state index contributed by atoms with van der Waals surface area (Å²) in [6.45, 7) is 3.06. The van der Waals surface area contributed by atoms with E-state index >= 15 is 0 Å². The molecule has 2 N–H and O–H groups in total. The van der Waals surface area contributed by atoms with Gasteiger partial charge >= 0.3 is 5.97 Å². The highest BCUT2D eigenvalue weighted by Crippen LogP contribution is 2.37. The van der Waals surface area contributed by atoms with Crippen LogP contribution < -0.4 is 5.32 Å². The Balaban J connectivity index is 2.03. The molecule has 1 aromatic heterocycles. The summed E-state index contributed by atoms with van der Waals surface area (Å²) in [5.74, 6) is 0.530. The molecule has 0 radical (unpaired) electrons. The summed E-state index contributed by atoms with van der Waals surface area (Å²) in [5.41, 5.74) is 0.905. The van der Waals surface area contributed by atoms with Crippen LogP contribution in [0.15, 0.2) is 18.5 Å². The Morgan fingerprint density at radius 1 is 1.73 bits per heavy atom. The SMILES string of the molecule is CC1CC1CNc1ccncc1C(=O)O. The van der Waals surface area contributed by atoms with Crippen molar-refractivity contribution in [3.05, 3.63) is 24.0 Å². The Labute approximate surface area is 88.3 Å². The van der Waals surface area contributed by atoms with Gasteiger partial charge in [0.2, 0.25) is 0 Å². The minimum absolute atomic E-state index is 0.241. The third-order valence-corrected chi connectivity index (χ3v) is 2.88. The molecule has 0 aliphatic heterocycles. The number of hydrogen-bond acceptors (Lipinski definition) is 3. The summed E-state index contributed by atoms with van der Waals surface area (Å²) in [6.07, 6.45) is 4.21. The third-order valence-electron chi connectivity index (χ3n) is 2.88. The molecule has 0 amide bonds. The highest BCUT2D eigenvalue weighted by molar-refractivity contribution is 5.93. The lowest BCUT2D eigenvalue weighted by Gasteiger charge is -2.07. The molecule has 2 atom stereocenters. The largest absolute Gasteiger partial charge is 0.478 e. The first-order chi connectivity index (χ1) is 7.18. The van der Waals surface area contributed by atoms with Crippen LogP contribution in [-0.4, -0.2) is 22.6 Å². The first-order valence-electron chi connectivity index (χ1n) is 5.09. The second-order valence-corrected chi connectivity index (χ2v) is 4.08. The number of nitrogens with one attached hydrogen (secondary N) is 1. The van der Waals surface area contributed by atoms with E-state index in [1.165, 1.54) is 12.6 Å². The summed E-state index contributed by atoms with van der Waals surface area (Å²) in [6, 6.07) is 1.70. The lowest BCUT2D eigenvalue weighted by molar-refractivity contribution is 0.0697. The van der Waals surface area contributed by atoms with Crippen LogP contribution in [0.2, 0.25) is 0 Å². The van der Waals surface area contributed by atoms with Crippen LogP contribution in [0.1, 0.15) is 23.7 Å². The lowest BCUT2D eigenvalue weighted by Crippen LogP contribution is -2.09. The maximum absolute atomic E-state index is 10.9. The van der Waals surface area contributed by atoms with E-state index in [1.54, 1.807) is 12.3 Å². The molecule has 0 aromatic carbocycles. The Bertz CT molecular complexity index is 379. The second-order valence-electron chi connectivity index (χ2n) is 4.08. The molecule has 2 rings (SSSR count). The zero-order chi connectivity index (χ0) is 10.8. The molecule has 15 heavy (non-hydrogen) atoms. The smallest absolute Gasteiger partial charge is 0.339 e. The molecule has 1 saturated carbocycles. The van der Waals surface area contributed by atoms with Crippen molar-refractivity contribution in [2.75, 3.05) is 11.9 Å². The molecular formula is C11H14N2O2. The lowest BCUT2D eigenvalue weighted by atomic mass is 10.2. The summed E-state index contributed by atoms with van der Waals surface area (Å²) in [7, 11) is 0. The summed E-state index contributed by atoms with van der Waals surface area (Å²) >= 11 is 0. The van der Waals surface area contributed by atoms with E-state index in [0.29, 0.717) is 11.6 Å². The maximum Gasteiger partial charge on any atom is 0.339 e. The van der Waals surface area contributed by atoms with Gasteiger partial charge in [-0.05, 0) is 24.3 Å². The molecular weight excluding hydrogens is 192 g/mol. The number of rotatable bonds is 4. The molecule has 1 fully saturated rings. The third kappa shape index (κ3) is 2.26. The van der Waals surface area contributed by atoms with Crippen LogP contribution in [0, 0.1) is 11.8 Å². The maximum atomic E-state index is 10.9. The average molecular weight is 206 g/mol. The van der Waals surface area contributed by atoms with Crippen LogP contribution in [0.4, 0.5) is 5.69 Å². The van der Waals surface area contributed by atoms with Crippen molar-refractivity contribution in [3.63, 3.8) is 0 Å². The zero-order valence-electron chi connectivity index (χ0n) is 8.60. The number of pyridine rings is 1. The van der Waals surface area contributed by atoms with Gasteiger partial charge in [0.05, 0.1) is 5.69 Å². The van der Waals surface area contributed by atoms with Gasteiger partial charge in [0.15, 0.2) is 0 Å². The van der Waals surface area contributed by atoms with Gasteiger partial charge in [-0.3, -0.25) is 4.98 Å². The predicted molar refractivity (Wildman–Crippen MR) is 57.0 cm³/mol. The van der Waals surface area contributed by atoms with E-state index in [1.807, 2.05) is 0 Å². The molecule has 4 heteroatoms. The summed E-state index contributed by atoms with van der Waals surface area (Å²) in [4.78, 5) is 14.7. The van der Waals surface area contributed by atoms with Gasteiger partial charge in [-0.2, -0.15) is 0 Å². The van der Waals surface area contributed by atoms with Gasteiger partial charge in [-0.1, -0.05) is 6.92 Å². The van der Waals surface area contributed by atoms with E-state index in [4.69, 9.17) is 5.11 Å². The Hall–Kier alpha value is -1.58. The highest BCUT2D eigenvalue weighted by atomic mass is 16.4. The monoisotopic (exact) mass is 206 g/mol. The number of carboxylic acids is 1. The van der Waals surface area contributed by atoms with Crippen molar-refractivity contribution in [1.82, 2.24) is 4.98 Å². The van der Waals surface area contributed by atoms with Crippen LogP contribution >= 0.6 is 0 Å². The van der Waals surface area contributed by atoms with E-state index in [0.717, 1.165) is 12.5 Å². The number of carbonyl (C=O) groups is 1. The van der Waals surface area contributed by atoms with Gasteiger partial charge in [-0.25, -0.2) is 4.79 Å². The van der Waals surface area contributed by atoms with Gasteiger partial charge in [0.25, 0.3) is 0 Å². The van der Waals surface area contributed by atoms with Crippen molar-refractivity contribution >= 4 is 11.7 Å². The van der Waals surface area contributed by atoms with Crippen LogP contribution in [0.3, 0.4) is 0 Å². The van der Waals surface area contributed by atoms with E-state index in [9.17, 15) is 4.79 Å². The first-order valence-corrected chi connectivity index (χ1v) is 5.09. The minimum Gasteiger partial charge on any atom is -0.478 e. The van der Waals surface area contributed by atoms with Crippen molar-refractivity contribution in [2.45, 2.75) is 13.3 Å². The number of nitrogens with zero attached hydrogens (tertiary/aromatic N) is 1. The van der Waals surface area contributed by atoms with Crippen LogP contribution in [0.25, 0.3) is 0 Å². The quantitative estimate of drug-likeness (QED) is 0.789. The van der Waals surface area contributed by atoms with Crippen LogP contribution in [0.5, 0.6) is 0 Å². The Morgan fingerprint density at radius 2 is 2.47 bits per heavy atom. The molecule has 80 valence electrons.